The Bertz CT molecular complexity index is 495. The number of phosphoric acid groups is 1. The molecule has 0 aliphatic heterocycles. The second-order valence-electron chi connectivity index (χ2n) is 9.63. The highest BCUT2D eigenvalue weighted by Crippen LogP contribution is 2.38. The van der Waals surface area contributed by atoms with E-state index >= 15 is 0 Å². The molecular formula is C24H50NO6P. The van der Waals surface area contributed by atoms with Crippen molar-refractivity contribution in [1.82, 2.24) is 0 Å². The van der Waals surface area contributed by atoms with E-state index in [9.17, 15) is 14.6 Å². The predicted octanol–water partition coefficient (Wildman–Crippen LogP) is 5.18. The number of hydrogen-bond donors (Lipinski definition) is 1. The predicted molar refractivity (Wildman–Crippen MR) is 129 cm³/mol. The molecule has 192 valence electrons. The van der Waals surface area contributed by atoms with Crippen LogP contribution in [0.25, 0.3) is 0 Å². The molecule has 0 aromatic rings. The van der Waals surface area contributed by atoms with Crippen molar-refractivity contribution in [2.75, 3.05) is 47.5 Å². The third-order valence-electron chi connectivity index (χ3n) is 5.14. The average Bonchev–Trinajstić information content (AvgIpc) is 2.71. The minimum absolute atomic E-state index is 0.0200. The van der Waals surface area contributed by atoms with Crippen LogP contribution in [0, 0.1) is 0 Å². The van der Waals surface area contributed by atoms with Crippen molar-refractivity contribution in [3.05, 3.63) is 12.3 Å². The summed E-state index contributed by atoms with van der Waals surface area (Å²) in [5, 5.41) is 9.78. The first-order valence-electron chi connectivity index (χ1n) is 12.5. The van der Waals surface area contributed by atoms with Crippen molar-refractivity contribution in [2.24, 2.45) is 0 Å². The highest BCUT2D eigenvalue weighted by Gasteiger charge is 2.15. The molecule has 7 nitrogen and oxygen atoms in total. The molecule has 8 heteroatoms. The summed E-state index contributed by atoms with van der Waals surface area (Å²) in [5.74, 6) is 0. The summed E-state index contributed by atoms with van der Waals surface area (Å²) in [7, 11) is 1.41. The van der Waals surface area contributed by atoms with Gasteiger partial charge in [0.05, 0.1) is 34.0 Å². The van der Waals surface area contributed by atoms with E-state index < -0.39 is 13.9 Å². The fourth-order valence-corrected chi connectivity index (χ4v) is 3.83. The number of aliphatic hydroxyl groups is 1. The van der Waals surface area contributed by atoms with Gasteiger partial charge in [-0.15, -0.1) is 0 Å². The SMILES string of the molecule is CCCCCCCCCCCCCC/C=C/OC[C@@H](O)COP(=O)([O-])OCC[N+](C)(C)C. The van der Waals surface area contributed by atoms with Gasteiger partial charge < -0.3 is 28.3 Å². The minimum atomic E-state index is -4.40. The van der Waals surface area contributed by atoms with Crippen LogP contribution in [0.1, 0.15) is 90.4 Å². The van der Waals surface area contributed by atoms with Gasteiger partial charge in [-0.3, -0.25) is 4.57 Å². The van der Waals surface area contributed by atoms with Gasteiger partial charge in [0.25, 0.3) is 7.82 Å². The number of allylic oxidation sites excluding steroid dienone is 1. The van der Waals surface area contributed by atoms with E-state index in [1.807, 2.05) is 27.2 Å². The summed E-state index contributed by atoms with van der Waals surface area (Å²) in [5.41, 5.74) is 0. The van der Waals surface area contributed by atoms with Gasteiger partial charge in [0.2, 0.25) is 0 Å². The lowest BCUT2D eigenvalue weighted by molar-refractivity contribution is -0.870. The lowest BCUT2D eigenvalue weighted by Crippen LogP contribution is -2.37. The van der Waals surface area contributed by atoms with Gasteiger partial charge in [-0.2, -0.15) is 0 Å². The van der Waals surface area contributed by atoms with Crippen molar-refractivity contribution in [3.63, 3.8) is 0 Å². The van der Waals surface area contributed by atoms with Crippen LogP contribution in [-0.2, 0) is 18.3 Å². The molecule has 0 radical (unpaired) electrons. The Morgan fingerprint density at radius 1 is 0.875 bits per heavy atom. The first kappa shape index (κ1) is 31.6. The average molecular weight is 480 g/mol. The van der Waals surface area contributed by atoms with E-state index in [0.717, 1.165) is 12.8 Å². The van der Waals surface area contributed by atoms with Crippen molar-refractivity contribution in [1.29, 1.82) is 0 Å². The van der Waals surface area contributed by atoms with Crippen molar-refractivity contribution >= 4 is 7.82 Å². The van der Waals surface area contributed by atoms with Gasteiger partial charge in [0, 0.05) is 0 Å². The first-order chi connectivity index (χ1) is 15.2. The van der Waals surface area contributed by atoms with Crippen molar-refractivity contribution in [2.45, 2.75) is 96.5 Å². The Morgan fingerprint density at radius 2 is 1.41 bits per heavy atom. The van der Waals surface area contributed by atoms with E-state index in [1.165, 1.54) is 70.6 Å². The third-order valence-corrected chi connectivity index (χ3v) is 6.11. The Balaban J connectivity index is 3.50. The molecule has 0 aliphatic rings. The molecular weight excluding hydrogens is 429 g/mol. The molecule has 0 aromatic heterocycles. The van der Waals surface area contributed by atoms with Crippen molar-refractivity contribution in [3.8, 4) is 0 Å². The minimum Gasteiger partial charge on any atom is -0.756 e. The maximum atomic E-state index is 11.7. The lowest BCUT2D eigenvalue weighted by Gasteiger charge is -2.27. The smallest absolute Gasteiger partial charge is 0.268 e. The lowest BCUT2D eigenvalue weighted by atomic mass is 10.0. The molecule has 0 saturated carbocycles. The number of quaternary nitrogens is 1. The second kappa shape index (κ2) is 20.0. The molecule has 0 bridgehead atoms. The molecule has 0 spiro atoms. The number of rotatable bonds is 23. The summed E-state index contributed by atoms with van der Waals surface area (Å²) in [4.78, 5) is 11.7. The van der Waals surface area contributed by atoms with Gasteiger partial charge in [0.15, 0.2) is 0 Å². The number of phosphoric ester groups is 1. The van der Waals surface area contributed by atoms with Crippen LogP contribution in [0.2, 0.25) is 0 Å². The maximum Gasteiger partial charge on any atom is 0.268 e. The van der Waals surface area contributed by atoms with Crippen LogP contribution >= 0.6 is 7.82 Å². The topological polar surface area (TPSA) is 88.0 Å². The van der Waals surface area contributed by atoms with Gasteiger partial charge in [0.1, 0.15) is 25.9 Å². The van der Waals surface area contributed by atoms with Gasteiger partial charge >= 0.3 is 0 Å². The van der Waals surface area contributed by atoms with Crippen LogP contribution in [0.4, 0.5) is 0 Å². The van der Waals surface area contributed by atoms with E-state index in [4.69, 9.17) is 13.8 Å². The number of nitrogens with zero attached hydrogens (tertiary/aromatic N) is 1. The molecule has 32 heavy (non-hydrogen) atoms. The van der Waals surface area contributed by atoms with Crippen LogP contribution in [0.15, 0.2) is 12.3 Å². The molecule has 1 N–H and O–H groups in total. The number of ether oxygens (including phenoxy) is 1. The van der Waals surface area contributed by atoms with Gasteiger partial charge in [-0.1, -0.05) is 77.6 Å². The van der Waals surface area contributed by atoms with E-state index in [0.29, 0.717) is 11.0 Å². The highest BCUT2D eigenvalue weighted by atomic mass is 31.2. The number of likely N-dealkylation sites (N-methyl/N-ethyl adjacent to an activating group) is 1. The summed E-state index contributed by atoms with van der Waals surface area (Å²) in [6, 6.07) is 0. The second-order valence-corrected chi connectivity index (χ2v) is 11.0. The van der Waals surface area contributed by atoms with Crippen molar-refractivity contribution < 1.29 is 32.8 Å². The zero-order valence-corrected chi connectivity index (χ0v) is 22.0. The van der Waals surface area contributed by atoms with E-state index in [2.05, 4.69) is 6.92 Å². The Morgan fingerprint density at radius 3 is 1.94 bits per heavy atom. The van der Waals surface area contributed by atoms with E-state index in [-0.39, 0.29) is 19.8 Å². The molecule has 2 atom stereocenters. The van der Waals surface area contributed by atoms with Crippen LogP contribution in [0.5, 0.6) is 0 Å². The Hall–Kier alpha value is -0.430. The molecule has 0 aliphatic carbocycles. The highest BCUT2D eigenvalue weighted by molar-refractivity contribution is 7.45. The summed E-state index contributed by atoms with van der Waals surface area (Å²) in [6.07, 6.45) is 19.4. The summed E-state index contributed by atoms with van der Waals surface area (Å²) < 4.78 is 27.0. The normalized spacial score (nSPS) is 15.2. The van der Waals surface area contributed by atoms with Gasteiger partial charge in [-0.05, 0) is 18.9 Å². The molecule has 0 saturated heterocycles. The van der Waals surface area contributed by atoms with E-state index in [1.54, 1.807) is 6.26 Å². The maximum absolute atomic E-state index is 11.7. The molecule has 0 fully saturated rings. The standard InChI is InChI=1S/C24H50NO6P/c1-5-6-7-8-9-10-11-12-13-14-15-16-17-18-20-29-22-24(26)23-31-32(27,28)30-21-19-25(2,3)4/h18,20,24,26H,5-17,19,21-23H2,1-4H3/b20-18+/t24-/m1/s1. The Labute approximate surface area is 197 Å². The first-order valence-corrected chi connectivity index (χ1v) is 14.0. The third kappa shape index (κ3) is 24.2. The van der Waals surface area contributed by atoms with Gasteiger partial charge in [-0.25, -0.2) is 0 Å². The molecule has 0 aromatic carbocycles. The summed E-state index contributed by atoms with van der Waals surface area (Å²) in [6.45, 7) is 2.43. The molecule has 0 heterocycles. The molecule has 0 rings (SSSR count). The zero-order valence-electron chi connectivity index (χ0n) is 21.1. The molecule has 0 amide bonds. The fourth-order valence-electron chi connectivity index (χ4n) is 3.10. The Kier molecular flexibility index (Phi) is 19.7. The fraction of sp³-hybridized carbons (Fsp3) is 0.917. The molecule has 1 unspecified atom stereocenters. The number of aliphatic hydroxyl groups excluding tert-OH is 1. The zero-order chi connectivity index (χ0) is 24.1. The van der Waals surface area contributed by atoms with Crippen LogP contribution in [-0.4, -0.2) is 63.2 Å². The van der Waals surface area contributed by atoms with Crippen LogP contribution < -0.4 is 4.89 Å². The largest absolute Gasteiger partial charge is 0.756 e. The number of hydrogen-bond acceptors (Lipinski definition) is 6. The monoisotopic (exact) mass is 479 g/mol. The summed E-state index contributed by atoms with van der Waals surface area (Å²) >= 11 is 0. The number of unbranched alkanes of at least 4 members (excludes halogenated alkanes) is 12. The van der Waals surface area contributed by atoms with Crippen LogP contribution in [0.3, 0.4) is 0 Å². The quantitative estimate of drug-likeness (QED) is 0.0941.